The number of amides is 2. The summed E-state index contributed by atoms with van der Waals surface area (Å²) in [7, 11) is 0. The predicted molar refractivity (Wildman–Crippen MR) is 101 cm³/mol. The van der Waals surface area contributed by atoms with Crippen molar-refractivity contribution in [2.45, 2.75) is 18.9 Å². The molecular weight excluding hydrogens is 419 g/mol. The first kappa shape index (κ1) is 16.9. The molecule has 3 rings (SSSR count). The van der Waals surface area contributed by atoms with Crippen LogP contribution in [0.15, 0.2) is 48.5 Å². The molecule has 0 saturated carbocycles. The van der Waals surface area contributed by atoms with Crippen LogP contribution < -0.4 is 10.6 Å². The van der Waals surface area contributed by atoms with Crippen molar-refractivity contribution in [1.82, 2.24) is 0 Å². The predicted octanol–water partition coefficient (Wildman–Crippen LogP) is 3.66. The molecule has 0 radical (unpaired) electrons. The zero-order valence-electron chi connectivity index (χ0n) is 12.9. The maximum atomic E-state index is 12.4. The molecule has 0 aliphatic carbocycles. The van der Waals surface area contributed by atoms with Crippen LogP contribution in [0, 0.1) is 3.57 Å². The average Bonchev–Trinajstić information content (AvgIpc) is 3.10. The van der Waals surface area contributed by atoms with Gasteiger partial charge in [0.2, 0.25) is 0 Å². The van der Waals surface area contributed by atoms with Crippen molar-refractivity contribution in [3.05, 3.63) is 57.7 Å². The standard InChI is InChI=1S/C18H17IN2O3/c19-13-5-2-7-15(11-13)20-17(22)12-4-1-6-14(10-12)21-18(23)16-8-3-9-24-16/h1-2,4-7,10-11,16H,3,8-9H2,(H,20,22)(H,21,23)/t16-/m0/s1. The highest BCUT2D eigenvalue weighted by Gasteiger charge is 2.23. The van der Waals surface area contributed by atoms with Crippen molar-refractivity contribution >= 4 is 45.8 Å². The van der Waals surface area contributed by atoms with Gasteiger partial charge >= 0.3 is 0 Å². The maximum Gasteiger partial charge on any atom is 0.255 e. The van der Waals surface area contributed by atoms with Crippen LogP contribution in [0.3, 0.4) is 0 Å². The zero-order valence-corrected chi connectivity index (χ0v) is 15.1. The SMILES string of the molecule is O=C(Nc1cccc(I)c1)c1cccc(NC(=O)[C@@H]2CCCO2)c1. The Morgan fingerprint density at radius 2 is 1.79 bits per heavy atom. The van der Waals surface area contributed by atoms with E-state index >= 15 is 0 Å². The van der Waals surface area contributed by atoms with Gasteiger partial charge in [0.1, 0.15) is 6.10 Å². The van der Waals surface area contributed by atoms with E-state index in [1.165, 1.54) is 0 Å². The summed E-state index contributed by atoms with van der Waals surface area (Å²) in [4.78, 5) is 24.5. The zero-order chi connectivity index (χ0) is 16.9. The highest BCUT2D eigenvalue weighted by Crippen LogP contribution is 2.18. The first-order chi connectivity index (χ1) is 11.6. The number of nitrogens with one attached hydrogen (secondary N) is 2. The third kappa shape index (κ3) is 4.33. The van der Waals surface area contributed by atoms with Gasteiger partial charge in [-0.25, -0.2) is 0 Å². The molecule has 5 nitrogen and oxygen atoms in total. The summed E-state index contributed by atoms with van der Waals surface area (Å²) in [6, 6.07) is 14.4. The summed E-state index contributed by atoms with van der Waals surface area (Å²) >= 11 is 2.19. The third-order valence-corrected chi connectivity index (χ3v) is 4.37. The van der Waals surface area contributed by atoms with E-state index in [9.17, 15) is 9.59 Å². The van der Waals surface area contributed by atoms with Crippen LogP contribution in [0.4, 0.5) is 11.4 Å². The molecule has 1 aliphatic heterocycles. The van der Waals surface area contributed by atoms with Crippen LogP contribution >= 0.6 is 22.6 Å². The number of hydrogen-bond donors (Lipinski definition) is 2. The van der Waals surface area contributed by atoms with Crippen molar-refractivity contribution in [1.29, 1.82) is 0 Å². The number of benzene rings is 2. The molecule has 0 spiro atoms. The van der Waals surface area contributed by atoms with Gasteiger partial charge in [0, 0.05) is 27.1 Å². The molecule has 1 saturated heterocycles. The first-order valence-electron chi connectivity index (χ1n) is 7.71. The summed E-state index contributed by atoms with van der Waals surface area (Å²) in [5, 5.41) is 5.66. The lowest BCUT2D eigenvalue weighted by Gasteiger charge is -2.11. The third-order valence-electron chi connectivity index (χ3n) is 3.70. The van der Waals surface area contributed by atoms with Crippen molar-refractivity contribution in [2.75, 3.05) is 17.2 Å². The molecule has 0 bridgehead atoms. The molecule has 24 heavy (non-hydrogen) atoms. The van der Waals surface area contributed by atoms with Crippen LogP contribution in [0.1, 0.15) is 23.2 Å². The summed E-state index contributed by atoms with van der Waals surface area (Å²) in [5.41, 5.74) is 1.81. The molecule has 1 atom stereocenters. The van der Waals surface area contributed by atoms with Crippen LogP contribution in [0.25, 0.3) is 0 Å². The molecule has 124 valence electrons. The minimum Gasteiger partial charge on any atom is -0.368 e. The molecule has 0 unspecified atom stereocenters. The number of rotatable bonds is 4. The number of hydrogen-bond acceptors (Lipinski definition) is 3. The van der Waals surface area contributed by atoms with Crippen LogP contribution in [-0.4, -0.2) is 24.5 Å². The van der Waals surface area contributed by atoms with Gasteiger partial charge < -0.3 is 15.4 Å². The van der Waals surface area contributed by atoms with E-state index in [2.05, 4.69) is 33.2 Å². The lowest BCUT2D eigenvalue weighted by atomic mass is 10.1. The summed E-state index contributed by atoms with van der Waals surface area (Å²) in [6.45, 7) is 0.621. The Kier molecular flexibility index (Phi) is 5.47. The van der Waals surface area contributed by atoms with Crippen molar-refractivity contribution in [3.8, 4) is 0 Å². The van der Waals surface area contributed by atoms with E-state index in [1.807, 2.05) is 24.3 Å². The van der Waals surface area contributed by atoms with Gasteiger partial charge in [-0.05, 0) is 71.8 Å². The van der Waals surface area contributed by atoms with Crippen molar-refractivity contribution < 1.29 is 14.3 Å². The Morgan fingerprint density at radius 3 is 2.50 bits per heavy atom. The lowest BCUT2D eigenvalue weighted by Crippen LogP contribution is -2.27. The smallest absolute Gasteiger partial charge is 0.255 e. The largest absolute Gasteiger partial charge is 0.368 e. The summed E-state index contributed by atoms with van der Waals surface area (Å²) in [6.07, 6.45) is 1.24. The maximum absolute atomic E-state index is 12.4. The van der Waals surface area contributed by atoms with Crippen LogP contribution in [-0.2, 0) is 9.53 Å². The topological polar surface area (TPSA) is 67.4 Å². The minimum atomic E-state index is -0.395. The molecule has 1 aliphatic rings. The molecule has 2 aromatic rings. The molecule has 2 N–H and O–H groups in total. The normalized spacial score (nSPS) is 16.6. The summed E-state index contributed by atoms with van der Waals surface area (Å²) < 4.78 is 6.41. The fraction of sp³-hybridized carbons (Fsp3) is 0.222. The molecule has 2 amide bonds. The highest BCUT2D eigenvalue weighted by atomic mass is 127. The minimum absolute atomic E-state index is 0.164. The molecule has 2 aromatic carbocycles. The number of carbonyl (C=O) groups excluding carboxylic acids is 2. The van der Waals surface area contributed by atoms with E-state index in [4.69, 9.17) is 4.74 Å². The van der Waals surface area contributed by atoms with Gasteiger partial charge in [-0.3, -0.25) is 9.59 Å². The van der Waals surface area contributed by atoms with Gasteiger partial charge in [0.05, 0.1) is 0 Å². The lowest BCUT2D eigenvalue weighted by molar-refractivity contribution is -0.124. The number of ether oxygens (including phenoxy) is 1. The molecule has 1 heterocycles. The van der Waals surface area contributed by atoms with Gasteiger partial charge in [-0.15, -0.1) is 0 Å². The molecular formula is C18H17IN2O3. The highest BCUT2D eigenvalue weighted by molar-refractivity contribution is 14.1. The Morgan fingerprint density at radius 1 is 1.04 bits per heavy atom. The van der Waals surface area contributed by atoms with E-state index in [0.29, 0.717) is 17.9 Å². The fourth-order valence-corrected chi connectivity index (χ4v) is 3.06. The van der Waals surface area contributed by atoms with Crippen LogP contribution in [0.5, 0.6) is 0 Å². The molecule has 6 heteroatoms. The van der Waals surface area contributed by atoms with E-state index in [1.54, 1.807) is 24.3 Å². The first-order valence-corrected chi connectivity index (χ1v) is 8.79. The van der Waals surface area contributed by atoms with Crippen LogP contribution in [0.2, 0.25) is 0 Å². The van der Waals surface area contributed by atoms with E-state index < -0.39 is 6.10 Å². The van der Waals surface area contributed by atoms with Gasteiger partial charge in [-0.1, -0.05) is 12.1 Å². The molecule has 1 fully saturated rings. The van der Waals surface area contributed by atoms with Gasteiger partial charge in [-0.2, -0.15) is 0 Å². The Hall–Kier alpha value is -1.93. The summed E-state index contributed by atoms with van der Waals surface area (Å²) in [5.74, 6) is -0.382. The van der Waals surface area contributed by atoms with E-state index in [-0.39, 0.29) is 11.8 Å². The monoisotopic (exact) mass is 436 g/mol. The fourth-order valence-electron chi connectivity index (χ4n) is 2.51. The quantitative estimate of drug-likeness (QED) is 0.720. The Labute approximate surface area is 153 Å². The second-order valence-corrected chi connectivity index (χ2v) is 6.78. The Balaban J connectivity index is 1.67. The van der Waals surface area contributed by atoms with Gasteiger partial charge in [0.25, 0.3) is 11.8 Å². The van der Waals surface area contributed by atoms with Crippen molar-refractivity contribution in [3.63, 3.8) is 0 Å². The van der Waals surface area contributed by atoms with E-state index in [0.717, 1.165) is 22.1 Å². The second-order valence-electron chi connectivity index (χ2n) is 5.54. The average molecular weight is 436 g/mol. The second kappa shape index (κ2) is 7.76. The number of carbonyl (C=O) groups is 2. The molecule has 0 aromatic heterocycles. The van der Waals surface area contributed by atoms with Gasteiger partial charge in [0.15, 0.2) is 0 Å². The number of anilines is 2. The number of halogens is 1. The van der Waals surface area contributed by atoms with Crippen molar-refractivity contribution in [2.24, 2.45) is 0 Å². The Bertz CT molecular complexity index is 757.